The van der Waals surface area contributed by atoms with Crippen molar-refractivity contribution in [3.05, 3.63) is 75.1 Å². The Hall–Kier alpha value is -1.98. The van der Waals surface area contributed by atoms with Crippen LogP contribution in [0.1, 0.15) is 22.3 Å². The molecule has 0 spiro atoms. The molecule has 3 aromatic rings. The van der Waals surface area contributed by atoms with Crippen molar-refractivity contribution in [2.75, 3.05) is 0 Å². The number of para-hydroxylation sites is 1. The highest BCUT2D eigenvalue weighted by molar-refractivity contribution is 8.38. The fraction of sp³-hybridized carbons (Fsp3) is 0.200. The van der Waals surface area contributed by atoms with E-state index in [0.717, 1.165) is 37.9 Å². The second-order valence-corrected chi connectivity index (χ2v) is 8.25. The molecular weight excluding hydrogens is 350 g/mol. The molecule has 0 N–H and O–H groups in total. The predicted molar refractivity (Wildman–Crippen MR) is 108 cm³/mol. The lowest BCUT2D eigenvalue weighted by Gasteiger charge is -2.14. The van der Waals surface area contributed by atoms with E-state index in [-0.39, 0.29) is 5.63 Å². The van der Waals surface area contributed by atoms with Crippen LogP contribution in [0.2, 0.25) is 0 Å². The number of hydrogen-bond acceptors (Lipinski definition) is 5. The van der Waals surface area contributed by atoms with E-state index >= 15 is 0 Å². The summed E-state index contributed by atoms with van der Waals surface area (Å²) in [6.07, 6.45) is 0. The summed E-state index contributed by atoms with van der Waals surface area (Å²) in [6, 6.07) is 14.0. The number of benzene rings is 2. The molecular formula is C20H17NO2S2. The first-order valence-corrected chi connectivity index (χ1v) is 10.0. The van der Waals surface area contributed by atoms with Gasteiger partial charge >= 0.3 is 5.63 Å². The summed E-state index contributed by atoms with van der Waals surface area (Å²) in [5.74, 6) is 1.65. The minimum atomic E-state index is -0.291. The third kappa shape index (κ3) is 3.26. The van der Waals surface area contributed by atoms with E-state index < -0.39 is 0 Å². The van der Waals surface area contributed by atoms with Gasteiger partial charge in [-0.3, -0.25) is 0 Å². The second-order valence-electron chi connectivity index (χ2n) is 6.06. The molecule has 25 heavy (non-hydrogen) atoms. The van der Waals surface area contributed by atoms with Crippen LogP contribution in [0.3, 0.4) is 0 Å². The van der Waals surface area contributed by atoms with E-state index in [4.69, 9.17) is 9.41 Å². The third-order valence-corrected chi connectivity index (χ3v) is 6.72. The number of nitrogens with zero attached hydrogens (tertiary/aromatic N) is 1. The van der Waals surface area contributed by atoms with Crippen molar-refractivity contribution in [1.82, 2.24) is 0 Å². The molecule has 1 aliphatic heterocycles. The van der Waals surface area contributed by atoms with Gasteiger partial charge in [0.2, 0.25) is 0 Å². The van der Waals surface area contributed by atoms with Crippen LogP contribution in [0.25, 0.3) is 11.0 Å². The van der Waals surface area contributed by atoms with E-state index in [1.54, 1.807) is 29.6 Å². The first-order chi connectivity index (χ1) is 12.1. The summed E-state index contributed by atoms with van der Waals surface area (Å²) >= 11 is 3.43. The summed E-state index contributed by atoms with van der Waals surface area (Å²) < 4.78 is 6.50. The zero-order valence-electron chi connectivity index (χ0n) is 14.0. The van der Waals surface area contributed by atoms with Gasteiger partial charge in [-0.25, -0.2) is 9.79 Å². The van der Waals surface area contributed by atoms with E-state index in [0.29, 0.717) is 11.3 Å². The van der Waals surface area contributed by atoms with Gasteiger partial charge in [-0.1, -0.05) is 53.9 Å². The number of hydrogen-bond donors (Lipinski definition) is 0. The Kier molecular flexibility index (Phi) is 4.44. The van der Waals surface area contributed by atoms with Crippen LogP contribution in [0.15, 0.2) is 56.7 Å². The SMILES string of the molecule is Cc1ccc2c(CSC3=Nc4ccccc4CS3)cc(=O)oc2c1C. The van der Waals surface area contributed by atoms with Crippen LogP contribution in [-0.2, 0) is 11.5 Å². The Morgan fingerprint density at radius 1 is 1.20 bits per heavy atom. The molecule has 4 rings (SSSR count). The lowest BCUT2D eigenvalue weighted by Crippen LogP contribution is -2.02. The average molecular weight is 367 g/mol. The summed E-state index contributed by atoms with van der Waals surface area (Å²) in [7, 11) is 0. The van der Waals surface area contributed by atoms with Gasteiger partial charge < -0.3 is 4.42 Å². The Labute approximate surface area is 154 Å². The van der Waals surface area contributed by atoms with Crippen molar-refractivity contribution in [1.29, 1.82) is 0 Å². The standard InChI is InChI=1S/C20H17NO2S2/c1-12-7-8-16-15(9-18(22)23-19(16)13(12)2)11-25-20-21-17-6-4-3-5-14(17)10-24-20/h3-9H,10-11H2,1-2H3. The van der Waals surface area contributed by atoms with Gasteiger partial charge in [0, 0.05) is 23.0 Å². The maximum atomic E-state index is 12.0. The lowest BCUT2D eigenvalue weighted by atomic mass is 10.0. The molecule has 0 atom stereocenters. The van der Waals surface area contributed by atoms with E-state index in [2.05, 4.69) is 12.1 Å². The molecule has 0 unspecified atom stereocenters. The fourth-order valence-corrected chi connectivity index (χ4v) is 4.92. The van der Waals surface area contributed by atoms with Gasteiger partial charge in [0.25, 0.3) is 0 Å². The van der Waals surface area contributed by atoms with E-state index in [9.17, 15) is 4.79 Å². The number of rotatable bonds is 2. The molecule has 2 aromatic carbocycles. The van der Waals surface area contributed by atoms with Crippen LogP contribution >= 0.6 is 23.5 Å². The normalized spacial score (nSPS) is 13.6. The monoisotopic (exact) mass is 367 g/mol. The number of aliphatic imine (C=N–C) groups is 1. The molecule has 3 nitrogen and oxygen atoms in total. The van der Waals surface area contributed by atoms with Crippen LogP contribution in [0.5, 0.6) is 0 Å². The molecule has 2 heterocycles. The molecule has 0 saturated heterocycles. The molecule has 0 radical (unpaired) electrons. The van der Waals surface area contributed by atoms with Gasteiger partial charge in [-0.2, -0.15) is 0 Å². The smallest absolute Gasteiger partial charge is 0.336 e. The maximum Gasteiger partial charge on any atom is 0.336 e. The molecule has 0 amide bonds. The molecule has 1 aromatic heterocycles. The number of fused-ring (bicyclic) bond motifs is 2. The highest BCUT2D eigenvalue weighted by Crippen LogP contribution is 2.36. The predicted octanol–water partition coefficient (Wildman–Crippen LogP) is 5.58. The van der Waals surface area contributed by atoms with Crippen LogP contribution in [-0.4, -0.2) is 4.38 Å². The molecule has 1 aliphatic rings. The van der Waals surface area contributed by atoms with Crippen molar-refractivity contribution >= 4 is 44.6 Å². The zero-order chi connectivity index (χ0) is 17.4. The first-order valence-electron chi connectivity index (χ1n) is 8.07. The van der Waals surface area contributed by atoms with Crippen molar-refractivity contribution in [2.45, 2.75) is 25.4 Å². The average Bonchev–Trinajstić information content (AvgIpc) is 2.63. The summed E-state index contributed by atoms with van der Waals surface area (Å²) in [5, 5.41) is 1.01. The van der Waals surface area contributed by atoms with Gasteiger partial charge in [-0.05, 0) is 42.2 Å². The topological polar surface area (TPSA) is 42.6 Å². The molecule has 5 heteroatoms. The Bertz CT molecular complexity index is 1050. The van der Waals surface area contributed by atoms with Crippen LogP contribution < -0.4 is 5.63 Å². The Morgan fingerprint density at radius 3 is 2.92 bits per heavy atom. The summed E-state index contributed by atoms with van der Waals surface area (Å²) in [5.41, 5.74) is 5.89. The van der Waals surface area contributed by atoms with Crippen molar-refractivity contribution in [2.24, 2.45) is 4.99 Å². The second kappa shape index (κ2) is 6.73. The van der Waals surface area contributed by atoms with Gasteiger partial charge in [0.15, 0.2) is 0 Å². The van der Waals surface area contributed by atoms with Crippen LogP contribution in [0, 0.1) is 13.8 Å². The zero-order valence-corrected chi connectivity index (χ0v) is 15.7. The third-order valence-electron chi connectivity index (χ3n) is 4.42. The van der Waals surface area contributed by atoms with Crippen molar-refractivity contribution in [3.63, 3.8) is 0 Å². The minimum Gasteiger partial charge on any atom is -0.422 e. The summed E-state index contributed by atoms with van der Waals surface area (Å²) in [6.45, 7) is 4.02. The van der Waals surface area contributed by atoms with Crippen LogP contribution in [0.4, 0.5) is 5.69 Å². The molecule has 0 bridgehead atoms. The van der Waals surface area contributed by atoms with Gasteiger partial charge in [-0.15, -0.1) is 0 Å². The Morgan fingerprint density at radius 2 is 2.04 bits per heavy atom. The minimum absolute atomic E-state index is 0.291. The molecule has 0 saturated carbocycles. The molecule has 0 aliphatic carbocycles. The fourth-order valence-electron chi connectivity index (χ4n) is 2.87. The van der Waals surface area contributed by atoms with E-state index in [1.807, 2.05) is 38.1 Å². The molecule has 0 fully saturated rings. The number of thioether (sulfide) groups is 2. The molecule has 126 valence electrons. The highest BCUT2D eigenvalue weighted by atomic mass is 32.2. The van der Waals surface area contributed by atoms with E-state index in [1.165, 1.54) is 5.56 Å². The van der Waals surface area contributed by atoms with Gasteiger partial charge in [0.05, 0.1) is 5.69 Å². The first kappa shape index (κ1) is 16.5. The van der Waals surface area contributed by atoms with Crippen molar-refractivity contribution in [3.8, 4) is 0 Å². The quantitative estimate of drug-likeness (QED) is 0.555. The summed E-state index contributed by atoms with van der Waals surface area (Å²) in [4.78, 5) is 16.7. The number of aryl methyl sites for hydroxylation is 2. The largest absolute Gasteiger partial charge is 0.422 e. The maximum absolute atomic E-state index is 12.0. The highest BCUT2D eigenvalue weighted by Gasteiger charge is 2.14. The van der Waals surface area contributed by atoms with Crippen molar-refractivity contribution < 1.29 is 4.42 Å². The Balaban J connectivity index is 1.65. The lowest BCUT2D eigenvalue weighted by molar-refractivity contribution is 0.557. The van der Waals surface area contributed by atoms with Gasteiger partial charge in [0.1, 0.15) is 9.96 Å².